The van der Waals surface area contributed by atoms with Gasteiger partial charge in [-0.25, -0.2) is 4.57 Å². The van der Waals surface area contributed by atoms with Crippen molar-refractivity contribution in [1.29, 1.82) is 0 Å². The molecule has 0 aliphatic heterocycles. The van der Waals surface area contributed by atoms with E-state index in [1.54, 1.807) is 0 Å². The first-order valence-electron chi connectivity index (χ1n) is 29.1. The number of phosphoric ester groups is 1. The van der Waals surface area contributed by atoms with E-state index in [4.69, 9.17) is 23.3 Å². The Morgan fingerprint density at radius 3 is 1.12 bits per heavy atom. The molecule has 0 spiro atoms. The van der Waals surface area contributed by atoms with Gasteiger partial charge in [-0.3, -0.25) is 23.4 Å². The molecule has 12 heteroatoms. The van der Waals surface area contributed by atoms with Crippen molar-refractivity contribution in [2.75, 3.05) is 26.4 Å². The highest BCUT2D eigenvalue weighted by Crippen LogP contribution is 2.43. The zero-order valence-corrected chi connectivity index (χ0v) is 47.7. The van der Waals surface area contributed by atoms with Crippen molar-refractivity contribution in [2.24, 2.45) is 0 Å². The molecule has 0 saturated heterocycles. The van der Waals surface area contributed by atoms with Crippen molar-refractivity contribution in [3.8, 4) is 0 Å². The number of hydrogen-bond donors (Lipinski definition) is 2. The van der Waals surface area contributed by atoms with E-state index in [9.17, 15) is 28.9 Å². The van der Waals surface area contributed by atoms with Crippen molar-refractivity contribution in [1.82, 2.24) is 0 Å². The highest BCUT2D eigenvalue weighted by molar-refractivity contribution is 7.47. The van der Waals surface area contributed by atoms with Crippen LogP contribution < -0.4 is 0 Å². The molecule has 0 aliphatic carbocycles. The third-order valence-corrected chi connectivity index (χ3v) is 12.9. The van der Waals surface area contributed by atoms with Crippen LogP contribution in [0.25, 0.3) is 0 Å². The normalized spacial score (nSPS) is 14.1. The van der Waals surface area contributed by atoms with Crippen LogP contribution in [0.15, 0.2) is 97.2 Å². The van der Waals surface area contributed by atoms with Gasteiger partial charge in [-0.2, -0.15) is 0 Å². The minimum absolute atomic E-state index is 0.122. The molecule has 3 atom stereocenters. The maximum atomic E-state index is 12.9. The number of rotatable bonds is 53. The molecule has 2 N–H and O–H groups in total. The van der Waals surface area contributed by atoms with Crippen molar-refractivity contribution < 1.29 is 52.2 Å². The molecule has 0 aromatic heterocycles. The minimum atomic E-state index is -4.76. The Balaban J connectivity index is 4.80. The van der Waals surface area contributed by atoms with Gasteiger partial charge in [-0.1, -0.05) is 214 Å². The number of allylic oxidation sites excluding steroid dienone is 16. The van der Waals surface area contributed by atoms with Crippen LogP contribution >= 0.6 is 7.82 Å². The summed E-state index contributed by atoms with van der Waals surface area (Å²) in [4.78, 5) is 48.5. The second kappa shape index (κ2) is 55.6. The molecule has 424 valence electrons. The van der Waals surface area contributed by atoms with E-state index in [0.717, 1.165) is 122 Å². The molecule has 0 fully saturated rings. The van der Waals surface area contributed by atoms with Gasteiger partial charge >= 0.3 is 25.7 Å². The quantitative estimate of drug-likeness (QED) is 0.0197. The second-order valence-electron chi connectivity index (χ2n) is 19.1. The van der Waals surface area contributed by atoms with Gasteiger partial charge in [0.15, 0.2) is 6.10 Å². The van der Waals surface area contributed by atoms with Crippen molar-refractivity contribution >= 4 is 25.7 Å². The maximum absolute atomic E-state index is 12.9. The summed E-state index contributed by atoms with van der Waals surface area (Å²) in [5.41, 5.74) is 0. The molecule has 0 saturated carbocycles. The number of ether oxygens (including phenoxy) is 3. The lowest BCUT2D eigenvalue weighted by atomic mass is 10.1. The Labute approximate surface area is 451 Å². The lowest BCUT2D eigenvalue weighted by Gasteiger charge is -2.21. The van der Waals surface area contributed by atoms with Gasteiger partial charge in [0.05, 0.1) is 19.8 Å². The highest BCUT2D eigenvalue weighted by Gasteiger charge is 2.28. The van der Waals surface area contributed by atoms with Crippen LogP contribution in [0.3, 0.4) is 0 Å². The summed E-state index contributed by atoms with van der Waals surface area (Å²) in [6.45, 7) is 4.42. The fourth-order valence-electron chi connectivity index (χ4n) is 7.57. The molecule has 0 aromatic carbocycles. The van der Waals surface area contributed by atoms with E-state index < -0.39 is 57.8 Å². The van der Waals surface area contributed by atoms with Crippen molar-refractivity contribution in [3.05, 3.63) is 97.2 Å². The number of phosphoric acid groups is 1. The average molecular weight is 1060 g/mol. The topological polar surface area (TPSA) is 155 Å². The van der Waals surface area contributed by atoms with Gasteiger partial charge in [0.1, 0.15) is 12.7 Å². The van der Waals surface area contributed by atoms with E-state index in [2.05, 4.69) is 118 Å². The fourth-order valence-corrected chi connectivity index (χ4v) is 8.35. The van der Waals surface area contributed by atoms with Gasteiger partial charge in [0.25, 0.3) is 0 Å². The van der Waals surface area contributed by atoms with Gasteiger partial charge < -0.3 is 24.2 Å². The third-order valence-electron chi connectivity index (χ3n) is 12.0. The van der Waals surface area contributed by atoms with E-state index in [1.165, 1.54) is 57.8 Å². The molecule has 0 radical (unpaired) electrons. The van der Waals surface area contributed by atoms with E-state index in [-0.39, 0.29) is 25.9 Å². The molecule has 0 rings (SSSR count). The highest BCUT2D eigenvalue weighted by atomic mass is 31.2. The van der Waals surface area contributed by atoms with Gasteiger partial charge in [0.2, 0.25) is 0 Å². The number of carbonyl (C=O) groups excluding carboxylic acids is 3. The molecular weight excluding hydrogens is 952 g/mol. The van der Waals surface area contributed by atoms with Gasteiger partial charge in [0, 0.05) is 19.3 Å². The SMILES string of the molecule is CC/C=C\C/C=C\C/C=C\C/C=C\C/C=C\CCCCCC(=O)OC(COC(=O)CCCCCCCC/C=C\C/C=C\C/C=C\CCCCC)COP(=O)(O)OCC(CO)OC(=O)CCCCCCCCCCC. The van der Waals surface area contributed by atoms with Gasteiger partial charge in [-0.05, 0) is 103 Å². The molecule has 0 amide bonds. The summed E-state index contributed by atoms with van der Waals surface area (Å²) >= 11 is 0. The molecule has 11 nitrogen and oxygen atoms in total. The molecule has 0 heterocycles. The molecule has 0 aliphatic rings. The fraction of sp³-hybridized carbons (Fsp3) is 0.694. The van der Waals surface area contributed by atoms with Crippen LogP contribution in [0.4, 0.5) is 0 Å². The summed E-state index contributed by atoms with van der Waals surface area (Å²) in [6.07, 6.45) is 65.2. The zero-order chi connectivity index (χ0) is 54.1. The molecule has 3 unspecified atom stereocenters. The molecule has 0 bridgehead atoms. The third kappa shape index (κ3) is 53.2. The first-order valence-corrected chi connectivity index (χ1v) is 30.6. The number of aliphatic hydroxyl groups is 1. The smallest absolute Gasteiger partial charge is 0.462 e. The predicted octanol–water partition coefficient (Wildman–Crippen LogP) is 17.3. The van der Waals surface area contributed by atoms with Crippen LogP contribution in [-0.4, -0.2) is 66.5 Å². The Kier molecular flexibility index (Phi) is 52.9. The maximum Gasteiger partial charge on any atom is 0.472 e. The lowest BCUT2D eigenvalue weighted by molar-refractivity contribution is -0.161. The standard InChI is InChI=1S/C62H105O11P/c1-4-7-10-13-16-19-21-23-25-27-29-31-33-35-37-40-42-45-48-51-60(64)69-55-59(57-71-74(67,68)70-56-58(54-63)72-61(65)52-49-46-43-39-18-15-12-9-6-3)73-62(66)53-50-47-44-41-38-36-34-32-30-28-26-24-22-20-17-14-11-8-5-2/h8,11,16-17,19-20,23-26,29-32,36,38,58-59,63H,4-7,9-10,12-15,18,21-22,27-28,33-35,37,39-57H2,1-3H3,(H,67,68)/b11-8-,19-16-,20-17-,25-23-,26-24-,31-29-,32-30-,38-36-. The van der Waals surface area contributed by atoms with Crippen molar-refractivity contribution in [2.45, 2.75) is 251 Å². The largest absolute Gasteiger partial charge is 0.472 e. The minimum Gasteiger partial charge on any atom is -0.462 e. The van der Waals surface area contributed by atoms with Crippen LogP contribution in [0.2, 0.25) is 0 Å². The number of unbranched alkanes of at least 4 members (excludes halogenated alkanes) is 20. The summed E-state index contributed by atoms with van der Waals surface area (Å²) in [5.74, 6) is -1.52. The summed E-state index contributed by atoms with van der Waals surface area (Å²) in [6, 6.07) is 0. The number of hydrogen-bond acceptors (Lipinski definition) is 10. The average Bonchev–Trinajstić information content (AvgIpc) is 3.39. The van der Waals surface area contributed by atoms with Crippen LogP contribution in [0, 0.1) is 0 Å². The Morgan fingerprint density at radius 1 is 0.392 bits per heavy atom. The predicted molar refractivity (Wildman–Crippen MR) is 307 cm³/mol. The Bertz CT molecular complexity index is 1610. The van der Waals surface area contributed by atoms with E-state index >= 15 is 0 Å². The number of esters is 3. The first kappa shape index (κ1) is 70.4. The van der Waals surface area contributed by atoms with Crippen LogP contribution in [0.5, 0.6) is 0 Å². The number of carbonyl (C=O) groups is 3. The number of aliphatic hydroxyl groups excluding tert-OH is 1. The zero-order valence-electron chi connectivity index (χ0n) is 46.8. The molecule has 74 heavy (non-hydrogen) atoms. The lowest BCUT2D eigenvalue weighted by Crippen LogP contribution is -2.30. The Hall–Kier alpha value is -3.60. The Morgan fingerprint density at radius 2 is 0.703 bits per heavy atom. The summed E-state index contributed by atoms with van der Waals surface area (Å²) in [5, 5.41) is 9.78. The monoisotopic (exact) mass is 1060 g/mol. The van der Waals surface area contributed by atoms with E-state index in [0.29, 0.717) is 19.3 Å². The van der Waals surface area contributed by atoms with E-state index in [1.807, 2.05) is 0 Å². The molecular formula is C62H105O11P. The van der Waals surface area contributed by atoms with Crippen LogP contribution in [0.1, 0.15) is 239 Å². The first-order chi connectivity index (χ1) is 36.2. The van der Waals surface area contributed by atoms with Crippen LogP contribution in [-0.2, 0) is 42.2 Å². The second-order valence-corrected chi connectivity index (χ2v) is 20.5. The molecule has 0 aromatic rings. The summed E-state index contributed by atoms with van der Waals surface area (Å²) in [7, 11) is -4.76. The summed E-state index contributed by atoms with van der Waals surface area (Å²) < 4.78 is 39.4. The van der Waals surface area contributed by atoms with Crippen molar-refractivity contribution in [3.63, 3.8) is 0 Å². The van der Waals surface area contributed by atoms with Gasteiger partial charge in [-0.15, -0.1) is 0 Å².